The molecule has 1 heterocycles. The van der Waals surface area contributed by atoms with Crippen molar-refractivity contribution in [2.24, 2.45) is 11.8 Å². The summed E-state index contributed by atoms with van der Waals surface area (Å²) >= 11 is 0. The molecule has 0 unspecified atom stereocenters. The Kier molecular flexibility index (Phi) is 4.13. The molecule has 1 aromatic carbocycles. The van der Waals surface area contributed by atoms with E-state index in [2.05, 4.69) is 13.8 Å². The van der Waals surface area contributed by atoms with Gasteiger partial charge in [-0.3, -0.25) is 4.79 Å². The molecule has 0 saturated carbocycles. The molecule has 0 spiro atoms. The molecule has 1 saturated heterocycles. The van der Waals surface area contributed by atoms with Crippen molar-refractivity contribution in [1.82, 2.24) is 4.90 Å². The topological polar surface area (TPSA) is 46.3 Å². The molecule has 0 bridgehead atoms. The molecule has 0 atom stereocenters. The average Bonchev–Trinajstić information content (AvgIpc) is 2.38. The highest BCUT2D eigenvalue weighted by molar-refractivity contribution is 5.99. The molecule has 1 aliphatic rings. The number of rotatable bonds is 2. The third kappa shape index (κ3) is 3.09. The molecule has 1 amide bonds. The van der Waals surface area contributed by atoms with Crippen molar-refractivity contribution >= 4 is 11.6 Å². The lowest BCUT2D eigenvalue weighted by Gasteiger charge is -2.34. The van der Waals surface area contributed by atoms with Crippen molar-refractivity contribution in [2.75, 3.05) is 18.8 Å². The summed E-state index contributed by atoms with van der Waals surface area (Å²) in [7, 11) is 0. The highest BCUT2D eigenvalue weighted by Gasteiger charge is 2.25. The summed E-state index contributed by atoms with van der Waals surface area (Å²) in [6.07, 6.45) is 2.21. The number of benzene rings is 1. The molecule has 1 aliphatic heterocycles. The van der Waals surface area contributed by atoms with Gasteiger partial charge in [0.05, 0.1) is 5.56 Å². The van der Waals surface area contributed by atoms with E-state index in [4.69, 9.17) is 5.73 Å². The van der Waals surface area contributed by atoms with Crippen LogP contribution in [0.5, 0.6) is 0 Å². The second-order valence-electron chi connectivity index (χ2n) is 5.96. The minimum atomic E-state index is 0.0831. The van der Waals surface area contributed by atoms with Gasteiger partial charge in [-0.25, -0.2) is 0 Å². The SMILES string of the molecule is Cc1ccc(C(=O)N2CCC(C(C)C)CC2)c(N)c1. The molecule has 2 rings (SSSR count). The van der Waals surface area contributed by atoms with Crippen molar-refractivity contribution < 1.29 is 4.79 Å². The van der Waals surface area contributed by atoms with Gasteiger partial charge >= 0.3 is 0 Å². The molecule has 3 nitrogen and oxygen atoms in total. The van der Waals surface area contributed by atoms with Crippen molar-refractivity contribution in [1.29, 1.82) is 0 Å². The van der Waals surface area contributed by atoms with Crippen molar-refractivity contribution in [3.8, 4) is 0 Å². The number of nitrogen functional groups attached to an aromatic ring is 1. The smallest absolute Gasteiger partial charge is 0.255 e. The molecule has 1 fully saturated rings. The first-order valence-corrected chi connectivity index (χ1v) is 7.14. The number of hydrogen-bond donors (Lipinski definition) is 1. The van der Waals surface area contributed by atoms with Gasteiger partial charge in [0.1, 0.15) is 0 Å². The number of nitrogens with zero attached hydrogens (tertiary/aromatic N) is 1. The summed E-state index contributed by atoms with van der Waals surface area (Å²) in [5.41, 5.74) is 8.29. The molecular formula is C16H24N2O. The third-order valence-corrected chi connectivity index (χ3v) is 4.21. The second-order valence-corrected chi connectivity index (χ2v) is 5.96. The van der Waals surface area contributed by atoms with E-state index in [1.807, 2.05) is 30.0 Å². The van der Waals surface area contributed by atoms with Crippen molar-refractivity contribution in [3.63, 3.8) is 0 Å². The molecule has 2 N–H and O–H groups in total. The van der Waals surface area contributed by atoms with Crippen LogP contribution >= 0.6 is 0 Å². The average molecular weight is 260 g/mol. The van der Waals surface area contributed by atoms with Crippen LogP contribution < -0.4 is 5.73 Å². The first-order chi connectivity index (χ1) is 8.99. The van der Waals surface area contributed by atoms with Crippen LogP contribution in [0.2, 0.25) is 0 Å². The molecule has 3 heteroatoms. The largest absolute Gasteiger partial charge is 0.398 e. The summed E-state index contributed by atoms with van der Waals surface area (Å²) in [6, 6.07) is 5.67. The number of aryl methyl sites for hydroxylation is 1. The fraction of sp³-hybridized carbons (Fsp3) is 0.562. The quantitative estimate of drug-likeness (QED) is 0.831. The summed E-state index contributed by atoms with van der Waals surface area (Å²) in [6.45, 7) is 8.23. The van der Waals surface area contributed by atoms with Crippen LogP contribution in [0.3, 0.4) is 0 Å². The number of likely N-dealkylation sites (tertiary alicyclic amines) is 1. The van der Waals surface area contributed by atoms with Crippen LogP contribution in [-0.2, 0) is 0 Å². The van der Waals surface area contributed by atoms with Crippen LogP contribution in [0.1, 0.15) is 42.6 Å². The van der Waals surface area contributed by atoms with Crippen molar-refractivity contribution in [2.45, 2.75) is 33.6 Å². The minimum Gasteiger partial charge on any atom is -0.398 e. The number of nitrogens with two attached hydrogens (primary N) is 1. The summed E-state index contributed by atoms with van der Waals surface area (Å²) in [5.74, 6) is 1.54. The lowest BCUT2D eigenvalue weighted by molar-refractivity contribution is 0.0669. The third-order valence-electron chi connectivity index (χ3n) is 4.21. The molecule has 0 radical (unpaired) electrons. The highest BCUT2D eigenvalue weighted by Crippen LogP contribution is 2.26. The Balaban J connectivity index is 2.05. The Morgan fingerprint density at radius 1 is 1.32 bits per heavy atom. The van der Waals surface area contributed by atoms with E-state index in [-0.39, 0.29) is 5.91 Å². The van der Waals surface area contributed by atoms with E-state index in [1.165, 1.54) is 0 Å². The Labute approximate surface area is 115 Å². The van der Waals surface area contributed by atoms with Gasteiger partial charge in [0.25, 0.3) is 5.91 Å². The molecule has 19 heavy (non-hydrogen) atoms. The maximum atomic E-state index is 12.5. The summed E-state index contributed by atoms with van der Waals surface area (Å²) in [4.78, 5) is 14.4. The number of amides is 1. The van der Waals surface area contributed by atoms with Gasteiger partial charge in [-0.1, -0.05) is 19.9 Å². The monoisotopic (exact) mass is 260 g/mol. The molecule has 0 aliphatic carbocycles. The highest BCUT2D eigenvalue weighted by atomic mass is 16.2. The second kappa shape index (κ2) is 5.64. The van der Waals surface area contributed by atoms with Crippen LogP contribution in [0.15, 0.2) is 18.2 Å². The number of hydrogen-bond acceptors (Lipinski definition) is 2. The standard InChI is InChI=1S/C16H24N2O/c1-11(2)13-6-8-18(9-7-13)16(19)14-5-4-12(3)10-15(14)17/h4-5,10-11,13H,6-9,17H2,1-3H3. The van der Waals surface area contributed by atoms with E-state index in [0.29, 0.717) is 17.2 Å². The number of anilines is 1. The fourth-order valence-electron chi connectivity index (χ4n) is 2.82. The normalized spacial score (nSPS) is 16.9. The zero-order chi connectivity index (χ0) is 14.0. The number of piperidine rings is 1. The lowest BCUT2D eigenvalue weighted by Crippen LogP contribution is -2.39. The van der Waals surface area contributed by atoms with E-state index in [9.17, 15) is 4.79 Å². The Bertz CT molecular complexity index is 460. The van der Waals surface area contributed by atoms with Gasteiger partial charge in [-0.2, -0.15) is 0 Å². The van der Waals surface area contributed by atoms with E-state index >= 15 is 0 Å². The minimum absolute atomic E-state index is 0.0831. The first kappa shape index (κ1) is 13.9. The Morgan fingerprint density at radius 3 is 2.47 bits per heavy atom. The van der Waals surface area contributed by atoms with Crippen LogP contribution in [0.25, 0.3) is 0 Å². The fourth-order valence-corrected chi connectivity index (χ4v) is 2.82. The summed E-state index contributed by atoms with van der Waals surface area (Å²) in [5, 5.41) is 0. The van der Waals surface area contributed by atoms with Gasteiger partial charge in [-0.15, -0.1) is 0 Å². The summed E-state index contributed by atoms with van der Waals surface area (Å²) < 4.78 is 0. The van der Waals surface area contributed by atoms with Gasteiger partial charge in [0.15, 0.2) is 0 Å². The molecular weight excluding hydrogens is 236 g/mol. The molecule has 104 valence electrons. The van der Waals surface area contributed by atoms with Gasteiger partial charge in [-0.05, 0) is 49.3 Å². The van der Waals surface area contributed by atoms with Gasteiger partial charge in [0, 0.05) is 18.8 Å². The lowest BCUT2D eigenvalue weighted by atomic mass is 9.86. The predicted octanol–water partition coefficient (Wildman–Crippen LogP) is 3.09. The first-order valence-electron chi connectivity index (χ1n) is 7.14. The Hall–Kier alpha value is -1.51. The van der Waals surface area contributed by atoms with E-state index < -0.39 is 0 Å². The van der Waals surface area contributed by atoms with Gasteiger partial charge < -0.3 is 10.6 Å². The number of carbonyl (C=O) groups excluding carboxylic acids is 1. The Morgan fingerprint density at radius 2 is 1.95 bits per heavy atom. The van der Waals surface area contributed by atoms with E-state index in [0.717, 1.165) is 37.4 Å². The predicted molar refractivity (Wildman–Crippen MR) is 79.1 cm³/mol. The van der Waals surface area contributed by atoms with Gasteiger partial charge in [0.2, 0.25) is 0 Å². The van der Waals surface area contributed by atoms with Crippen molar-refractivity contribution in [3.05, 3.63) is 29.3 Å². The maximum absolute atomic E-state index is 12.5. The zero-order valence-corrected chi connectivity index (χ0v) is 12.1. The van der Waals surface area contributed by atoms with E-state index in [1.54, 1.807) is 0 Å². The van der Waals surface area contributed by atoms with Crippen LogP contribution in [0, 0.1) is 18.8 Å². The molecule has 1 aromatic rings. The molecule has 0 aromatic heterocycles. The zero-order valence-electron chi connectivity index (χ0n) is 12.1. The maximum Gasteiger partial charge on any atom is 0.255 e. The number of carbonyl (C=O) groups is 1. The van der Waals surface area contributed by atoms with Crippen LogP contribution in [-0.4, -0.2) is 23.9 Å². The van der Waals surface area contributed by atoms with Crippen LogP contribution in [0.4, 0.5) is 5.69 Å².